The van der Waals surface area contributed by atoms with Gasteiger partial charge in [-0.2, -0.15) is 0 Å². The lowest BCUT2D eigenvalue weighted by Crippen LogP contribution is -2.06. The van der Waals surface area contributed by atoms with E-state index >= 15 is 0 Å². The highest BCUT2D eigenvalue weighted by atomic mass is 32.1. The van der Waals surface area contributed by atoms with E-state index in [-0.39, 0.29) is 5.91 Å². The van der Waals surface area contributed by atoms with Crippen LogP contribution in [0.15, 0.2) is 41.9 Å². The molecule has 0 aliphatic heterocycles. The third-order valence-electron chi connectivity index (χ3n) is 2.74. The zero-order valence-electron chi connectivity index (χ0n) is 11.9. The number of benzene rings is 1. The van der Waals surface area contributed by atoms with E-state index in [1.54, 1.807) is 12.3 Å². The molecule has 2 aromatic rings. The monoisotopic (exact) mass is 302 g/mol. The average molecular weight is 302 g/mol. The molecule has 5 heteroatoms. The van der Waals surface area contributed by atoms with Crippen LogP contribution in [0.4, 0.5) is 5.13 Å². The first-order valence-electron chi connectivity index (χ1n) is 6.89. The van der Waals surface area contributed by atoms with Gasteiger partial charge in [-0.25, -0.2) is 4.98 Å². The van der Waals surface area contributed by atoms with Crippen LogP contribution in [0, 0.1) is 0 Å². The minimum atomic E-state index is -0.187. The predicted molar refractivity (Wildman–Crippen MR) is 86.6 cm³/mol. The van der Waals surface area contributed by atoms with Crippen LogP contribution in [0.3, 0.4) is 0 Å². The van der Waals surface area contributed by atoms with Crippen molar-refractivity contribution in [2.24, 2.45) is 0 Å². The van der Waals surface area contributed by atoms with Gasteiger partial charge in [0, 0.05) is 17.7 Å². The maximum absolute atomic E-state index is 11.7. The van der Waals surface area contributed by atoms with Gasteiger partial charge in [0.05, 0.1) is 6.61 Å². The Kier molecular flexibility index (Phi) is 5.97. The van der Waals surface area contributed by atoms with Gasteiger partial charge in [-0.3, -0.25) is 10.1 Å². The summed E-state index contributed by atoms with van der Waals surface area (Å²) in [6.45, 7) is 2.87. The summed E-state index contributed by atoms with van der Waals surface area (Å²) >= 11 is 1.39. The topological polar surface area (TPSA) is 51.2 Å². The van der Waals surface area contributed by atoms with E-state index < -0.39 is 0 Å². The summed E-state index contributed by atoms with van der Waals surface area (Å²) in [6.07, 6.45) is 7.09. The lowest BCUT2D eigenvalue weighted by molar-refractivity contribution is -0.111. The Balaban J connectivity index is 1.84. The normalized spacial score (nSPS) is 10.7. The van der Waals surface area contributed by atoms with E-state index in [1.807, 2.05) is 29.6 Å². The molecule has 1 heterocycles. The molecule has 2 rings (SSSR count). The van der Waals surface area contributed by atoms with Crippen LogP contribution in [-0.4, -0.2) is 17.5 Å². The van der Waals surface area contributed by atoms with E-state index in [0.29, 0.717) is 5.13 Å². The first kappa shape index (κ1) is 15.3. The molecule has 1 amide bonds. The number of amides is 1. The van der Waals surface area contributed by atoms with Crippen molar-refractivity contribution < 1.29 is 9.53 Å². The minimum absolute atomic E-state index is 0.187. The Hall–Kier alpha value is -2.14. The Morgan fingerprint density at radius 2 is 2.19 bits per heavy atom. The summed E-state index contributed by atoms with van der Waals surface area (Å²) in [7, 11) is 0. The van der Waals surface area contributed by atoms with Crippen LogP contribution < -0.4 is 10.1 Å². The summed E-state index contributed by atoms with van der Waals surface area (Å²) in [6, 6.07) is 7.67. The summed E-state index contributed by atoms with van der Waals surface area (Å²) in [4.78, 5) is 15.7. The number of carbonyl (C=O) groups excluding carboxylic acids is 1. The quantitative estimate of drug-likeness (QED) is 0.622. The largest absolute Gasteiger partial charge is 0.494 e. The maximum Gasteiger partial charge on any atom is 0.250 e. The van der Waals surface area contributed by atoms with E-state index in [4.69, 9.17) is 4.74 Å². The fourth-order valence-corrected chi connectivity index (χ4v) is 2.15. The lowest BCUT2D eigenvalue weighted by Gasteiger charge is -2.04. The molecule has 0 saturated carbocycles. The number of ether oxygens (including phenoxy) is 1. The number of hydrogen-bond donors (Lipinski definition) is 1. The Morgan fingerprint density at radius 3 is 2.86 bits per heavy atom. The number of aromatic nitrogens is 1. The number of thiazole rings is 1. The van der Waals surface area contributed by atoms with Gasteiger partial charge in [0.15, 0.2) is 5.13 Å². The van der Waals surface area contributed by atoms with Gasteiger partial charge in [-0.15, -0.1) is 11.3 Å². The van der Waals surface area contributed by atoms with Gasteiger partial charge in [-0.1, -0.05) is 25.5 Å². The molecule has 110 valence electrons. The molecule has 1 N–H and O–H groups in total. The molecular formula is C16H18N2O2S. The second-order valence-electron chi connectivity index (χ2n) is 4.43. The highest BCUT2D eigenvalue weighted by molar-refractivity contribution is 7.13. The molecule has 0 bridgehead atoms. The number of nitrogens with zero attached hydrogens (tertiary/aromatic N) is 1. The predicted octanol–water partition coefficient (Wildman–Crippen LogP) is 3.97. The maximum atomic E-state index is 11.7. The first-order chi connectivity index (χ1) is 10.3. The third kappa shape index (κ3) is 5.39. The van der Waals surface area contributed by atoms with Crippen molar-refractivity contribution in [3.63, 3.8) is 0 Å². The van der Waals surface area contributed by atoms with Gasteiger partial charge in [-0.05, 0) is 30.2 Å². The molecule has 4 nitrogen and oxygen atoms in total. The third-order valence-corrected chi connectivity index (χ3v) is 3.42. The SMILES string of the molecule is CCCCOc1ccc(/C=C/C(=O)Nc2nccs2)cc1. The van der Waals surface area contributed by atoms with Crippen molar-refractivity contribution in [3.05, 3.63) is 47.5 Å². The molecule has 0 aliphatic rings. The van der Waals surface area contributed by atoms with E-state index in [9.17, 15) is 4.79 Å². The van der Waals surface area contributed by atoms with E-state index in [2.05, 4.69) is 17.2 Å². The summed E-state index contributed by atoms with van der Waals surface area (Å²) in [5.41, 5.74) is 0.951. The van der Waals surface area contributed by atoms with Crippen LogP contribution in [0.25, 0.3) is 6.08 Å². The van der Waals surface area contributed by atoms with Crippen molar-refractivity contribution in [1.82, 2.24) is 4.98 Å². The fourth-order valence-electron chi connectivity index (χ4n) is 1.61. The number of anilines is 1. The number of nitrogens with one attached hydrogen (secondary N) is 1. The zero-order chi connectivity index (χ0) is 14.9. The van der Waals surface area contributed by atoms with Gasteiger partial charge in [0.25, 0.3) is 0 Å². The molecule has 1 aromatic carbocycles. The molecule has 21 heavy (non-hydrogen) atoms. The highest BCUT2D eigenvalue weighted by Crippen LogP contribution is 2.14. The van der Waals surface area contributed by atoms with Gasteiger partial charge >= 0.3 is 0 Å². The molecule has 0 atom stereocenters. The molecular weight excluding hydrogens is 284 g/mol. The molecule has 0 saturated heterocycles. The van der Waals surface area contributed by atoms with Crippen molar-refractivity contribution in [3.8, 4) is 5.75 Å². The second-order valence-corrected chi connectivity index (χ2v) is 5.33. The van der Waals surface area contributed by atoms with Crippen LogP contribution in [0.5, 0.6) is 5.75 Å². The van der Waals surface area contributed by atoms with Gasteiger partial charge in [0.1, 0.15) is 5.75 Å². The van der Waals surface area contributed by atoms with Crippen LogP contribution >= 0.6 is 11.3 Å². The van der Waals surface area contributed by atoms with Crippen molar-refractivity contribution >= 4 is 28.5 Å². The molecule has 0 unspecified atom stereocenters. The highest BCUT2D eigenvalue weighted by Gasteiger charge is 1.99. The average Bonchev–Trinajstić information content (AvgIpc) is 2.99. The molecule has 0 fully saturated rings. The fraction of sp³-hybridized carbons (Fsp3) is 0.250. The Morgan fingerprint density at radius 1 is 1.38 bits per heavy atom. The van der Waals surface area contributed by atoms with Gasteiger partial charge in [0.2, 0.25) is 5.91 Å². The second kappa shape index (κ2) is 8.21. The number of hydrogen-bond acceptors (Lipinski definition) is 4. The van der Waals surface area contributed by atoms with Gasteiger partial charge < -0.3 is 4.74 Å². The molecule has 0 spiro atoms. The lowest BCUT2D eigenvalue weighted by atomic mass is 10.2. The van der Waals surface area contributed by atoms with Crippen LogP contribution in [0.1, 0.15) is 25.3 Å². The molecule has 0 radical (unpaired) electrons. The molecule has 0 aliphatic carbocycles. The Labute approximate surface area is 128 Å². The summed E-state index contributed by atoms with van der Waals surface area (Å²) in [5.74, 6) is 0.668. The zero-order valence-corrected chi connectivity index (χ0v) is 12.7. The first-order valence-corrected chi connectivity index (χ1v) is 7.77. The van der Waals surface area contributed by atoms with Crippen molar-refractivity contribution in [1.29, 1.82) is 0 Å². The summed E-state index contributed by atoms with van der Waals surface area (Å²) in [5, 5.41) is 5.11. The van der Waals surface area contributed by atoms with Crippen LogP contribution in [-0.2, 0) is 4.79 Å². The van der Waals surface area contributed by atoms with E-state index in [1.165, 1.54) is 17.4 Å². The number of carbonyl (C=O) groups is 1. The molecule has 1 aromatic heterocycles. The Bertz CT molecular complexity index is 577. The van der Waals surface area contributed by atoms with E-state index in [0.717, 1.165) is 30.8 Å². The van der Waals surface area contributed by atoms with Crippen molar-refractivity contribution in [2.45, 2.75) is 19.8 Å². The number of unbranched alkanes of at least 4 members (excludes halogenated alkanes) is 1. The standard InChI is InChI=1S/C16H18N2O2S/c1-2-3-11-20-14-7-4-13(5-8-14)6-9-15(19)18-16-17-10-12-21-16/h4-10,12H,2-3,11H2,1H3,(H,17,18,19)/b9-6+. The minimum Gasteiger partial charge on any atom is -0.494 e. The number of rotatable bonds is 7. The van der Waals surface area contributed by atoms with Crippen molar-refractivity contribution in [2.75, 3.05) is 11.9 Å². The van der Waals surface area contributed by atoms with Crippen LogP contribution in [0.2, 0.25) is 0 Å². The smallest absolute Gasteiger partial charge is 0.250 e. The summed E-state index contributed by atoms with van der Waals surface area (Å²) < 4.78 is 5.59.